The SMILES string of the molecule is COc1ccc(/C=C/C(=O)c2ccc(Cl)c(Cl)c2)cc1O. The molecule has 0 bridgehead atoms. The predicted molar refractivity (Wildman–Crippen MR) is 84.5 cm³/mol. The topological polar surface area (TPSA) is 46.5 Å². The van der Waals surface area contributed by atoms with Crippen molar-refractivity contribution in [1.82, 2.24) is 0 Å². The second kappa shape index (κ2) is 6.66. The fourth-order valence-electron chi connectivity index (χ4n) is 1.73. The Balaban J connectivity index is 2.18. The van der Waals surface area contributed by atoms with Crippen LogP contribution in [-0.2, 0) is 0 Å². The van der Waals surface area contributed by atoms with Crippen LogP contribution in [0, 0.1) is 0 Å². The van der Waals surface area contributed by atoms with Crippen LogP contribution in [0.15, 0.2) is 42.5 Å². The minimum Gasteiger partial charge on any atom is -0.504 e. The molecule has 0 saturated heterocycles. The number of halogens is 2. The summed E-state index contributed by atoms with van der Waals surface area (Å²) in [5.74, 6) is 0.188. The van der Waals surface area contributed by atoms with Crippen LogP contribution in [0.1, 0.15) is 15.9 Å². The van der Waals surface area contributed by atoms with Crippen molar-refractivity contribution in [3.05, 3.63) is 63.6 Å². The Labute approximate surface area is 132 Å². The predicted octanol–water partition coefficient (Wildman–Crippen LogP) is 4.60. The first-order valence-corrected chi connectivity index (χ1v) is 6.81. The molecule has 108 valence electrons. The third-order valence-corrected chi connectivity index (χ3v) is 3.57. The quantitative estimate of drug-likeness (QED) is 0.660. The molecule has 21 heavy (non-hydrogen) atoms. The van der Waals surface area contributed by atoms with Crippen molar-refractivity contribution < 1.29 is 14.6 Å². The molecule has 0 aromatic heterocycles. The largest absolute Gasteiger partial charge is 0.504 e. The maximum absolute atomic E-state index is 12.0. The number of phenols is 1. The number of ketones is 1. The van der Waals surface area contributed by atoms with Gasteiger partial charge in [0.15, 0.2) is 17.3 Å². The van der Waals surface area contributed by atoms with Crippen molar-refractivity contribution >= 4 is 35.1 Å². The van der Waals surface area contributed by atoms with E-state index >= 15 is 0 Å². The Morgan fingerprint density at radius 2 is 1.90 bits per heavy atom. The van der Waals surface area contributed by atoms with Crippen LogP contribution in [0.25, 0.3) is 6.08 Å². The molecule has 2 aromatic carbocycles. The van der Waals surface area contributed by atoms with Crippen LogP contribution in [0.5, 0.6) is 11.5 Å². The van der Waals surface area contributed by atoms with E-state index in [0.717, 1.165) is 0 Å². The van der Waals surface area contributed by atoms with E-state index in [4.69, 9.17) is 27.9 Å². The number of hydrogen-bond acceptors (Lipinski definition) is 3. The smallest absolute Gasteiger partial charge is 0.185 e. The highest BCUT2D eigenvalue weighted by Crippen LogP contribution is 2.27. The minimum absolute atomic E-state index is 0.0154. The zero-order chi connectivity index (χ0) is 15.4. The number of benzene rings is 2. The third-order valence-electron chi connectivity index (χ3n) is 2.83. The summed E-state index contributed by atoms with van der Waals surface area (Å²) < 4.78 is 4.95. The molecule has 0 fully saturated rings. The van der Waals surface area contributed by atoms with Gasteiger partial charge in [0.05, 0.1) is 17.2 Å². The van der Waals surface area contributed by atoms with Gasteiger partial charge in [-0.05, 0) is 42.0 Å². The minimum atomic E-state index is -0.205. The van der Waals surface area contributed by atoms with Gasteiger partial charge in [0, 0.05) is 5.56 Å². The monoisotopic (exact) mass is 322 g/mol. The molecule has 0 aliphatic carbocycles. The molecule has 0 saturated carbocycles. The number of aromatic hydroxyl groups is 1. The van der Waals surface area contributed by atoms with Crippen LogP contribution in [-0.4, -0.2) is 18.0 Å². The molecule has 2 rings (SSSR count). The summed E-state index contributed by atoms with van der Waals surface area (Å²) in [7, 11) is 1.47. The van der Waals surface area contributed by atoms with E-state index in [2.05, 4.69) is 0 Å². The van der Waals surface area contributed by atoms with Gasteiger partial charge in [-0.1, -0.05) is 35.3 Å². The van der Waals surface area contributed by atoms with Crippen molar-refractivity contribution in [1.29, 1.82) is 0 Å². The molecule has 0 amide bonds. The first-order valence-electron chi connectivity index (χ1n) is 6.05. The van der Waals surface area contributed by atoms with Crippen LogP contribution in [0.2, 0.25) is 10.0 Å². The fraction of sp³-hybridized carbons (Fsp3) is 0.0625. The normalized spacial score (nSPS) is 10.8. The van der Waals surface area contributed by atoms with E-state index in [0.29, 0.717) is 26.9 Å². The van der Waals surface area contributed by atoms with Gasteiger partial charge in [-0.15, -0.1) is 0 Å². The summed E-state index contributed by atoms with van der Waals surface area (Å²) in [6, 6.07) is 9.56. The molecule has 0 atom stereocenters. The van der Waals surface area contributed by atoms with Gasteiger partial charge in [0.25, 0.3) is 0 Å². The lowest BCUT2D eigenvalue weighted by Gasteiger charge is -2.03. The first-order chi connectivity index (χ1) is 10.0. The van der Waals surface area contributed by atoms with E-state index in [1.807, 2.05) is 0 Å². The highest BCUT2D eigenvalue weighted by atomic mass is 35.5. The molecule has 0 spiro atoms. The van der Waals surface area contributed by atoms with Crippen LogP contribution >= 0.6 is 23.2 Å². The number of rotatable bonds is 4. The van der Waals surface area contributed by atoms with Crippen LogP contribution < -0.4 is 4.74 Å². The molecular weight excluding hydrogens is 311 g/mol. The van der Waals surface area contributed by atoms with Crippen molar-refractivity contribution in [2.24, 2.45) is 0 Å². The molecule has 0 aliphatic heterocycles. The number of phenolic OH excluding ortho intramolecular Hbond substituents is 1. The zero-order valence-electron chi connectivity index (χ0n) is 11.1. The third kappa shape index (κ3) is 3.78. The molecule has 0 aliphatic rings. The number of allylic oxidation sites excluding steroid dienone is 1. The summed E-state index contributed by atoms with van der Waals surface area (Å²) in [6.07, 6.45) is 3.00. The number of methoxy groups -OCH3 is 1. The summed E-state index contributed by atoms with van der Waals surface area (Å²) in [5, 5.41) is 10.4. The second-order valence-electron chi connectivity index (χ2n) is 4.26. The summed E-state index contributed by atoms with van der Waals surface area (Å²) in [5.41, 5.74) is 1.13. The maximum atomic E-state index is 12.0. The van der Waals surface area contributed by atoms with Gasteiger partial charge in [0.1, 0.15) is 0 Å². The molecule has 0 unspecified atom stereocenters. The second-order valence-corrected chi connectivity index (χ2v) is 5.07. The molecule has 1 N–H and O–H groups in total. The van der Waals surface area contributed by atoms with Gasteiger partial charge in [-0.3, -0.25) is 4.79 Å². The lowest BCUT2D eigenvalue weighted by Crippen LogP contribution is -1.93. The first kappa shape index (κ1) is 15.4. The van der Waals surface area contributed by atoms with Crippen molar-refractivity contribution in [3.63, 3.8) is 0 Å². The van der Waals surface area contributed by atoms with Crippen molar-refractivity contribution in [2.45, 2.75) is 0 Å². The van der Waals surface area contributed by atoms with Gasteiger partial charge in [-0.25, -0.2) is 0 Å². The molecule has 3 nitrogen and oxygen atoms in total. The molecule has 0 radical (unpaired) electrons. The van der Waals surface area contributed by atoms with E-state index in [-0.39, 0.29) is 11.5 Å². The Hall–Kier alpha value is -1.97. The molecule has 5 heteroatoms. The number of carbonyl (C=O) groups excluding carboxylic acids is 1. The van der Waals surface area contributed by atoms with Gasteiger partial charge in [-0.2, -0.15) is 0 Å². The summed E-state index contributed by atoms with van der Waals surface area (Å²) in [6.45, 7) is 0. The Morgan fingerprint density at radius 1 is 1.14 bits per heavy atom. The van der Waals surface area contributed by atoms with Crippen molar-refractivity contribution in [3.8, 4) is 11.5 Å². The van der Waals surface area contributed by atoms with Gasteiger partial charge in [0.2, 0.25) is 0 Å². The van der Waals surface area contributed by atoms with E-state index in [1.165, 1.54) is 25.3 Å². The average Bonchev–Trinajstić information content (AvgIpc) is 2.47. The highest BCUT2D eigenvalue weighted by Gasteiger charge is 2.06. The number of hydrogen-bond donors (Lipinski definition) is 1. The van der Waals surface area contributed by atoms with Crippen molar-refractivity contribution in [2.75, 3.05) is 7.11 Å². The molecule has 0 heterocycles. The number of ether oxygens (including phenoxy) is 1. The standard InChI is InChI=1S/C16H12Cl2O3/c1-21-16-7-3-10(8-15(16)20)2-6-14(19)11-4-5-12(17)13(18)9-11/h2-9,20H,1H3/b6-2+. The fourth-order valence-corrected chi connectivity index (χ4v) is 2.03. The lowest BCUT2D eigenvalue weighted by molar-refractivity contribution is 0.104. The molecule has 2 aromatic rings. The molecular formula is C16H12Cl2O3. The zero-order valence-corrected chi connectivity index (χ0v) is 12.7. The van der Waals surface area contributed by atoms with Gasteiger partial charge >= 0.3 is 0 Å². The van der Waals surface area contributed by atoms with Crippen LogP contribution in [0.4, 0.5) is 0 Å². The van der Waals surface area contributed by atoms with E-state index in [9.17, 15) is 9.90 Å². The highest BCUT2D eigenvalue weighted by molar-refractivity contribution is 6.42. The lowest BCUT2D eigenvalue weighted by atomic mass is 10.1. The summed E-state index contributed by atoms with van der Waals surface area (Å²) >= 11 is 11.7. The van der Waals surface area contributed by atoms with E-state index in [1.54, 1.807) is 30.3 Å². The number of carbonyl (C=O) groups is 1. The Bertz CT molecular complexity index is 709. The Kier molecular flexibility index (Phi) is 4.89. The van der Waals surface area contributed by atoms with Gasteiger partial charge < -0.3 is 9.84 Å². The maximum Gasteiger partial charge on any atom is 0.185 e. The van der Waals surface area contributed by atoms with Crippen LogP contribution in [0.3, 0.4) is 0 Å². The summed E-state index contributed by atoms with van der Waals surface area (Å²) in [4.78, 5) is 12.0. The van der Waals surface area contributed by atoms with E-state index < -0.39 is 0 Å². The Morgan fingerprint density at radius 3 is 2.52 bits per heavy atom. The average molecular weight is 323 g/mol.